The molecule has 0 saturated heterocycles. The Morgan fingerprint density at radius 1 is 0.970 bits per heavy atom. The lowest BCUT2D eigenvalue weighted by molar-refractivity contribution is -0.137. The van der Waals surface area contributed by atoms with Crippen molar-refractivity contribution in [2.75, 3.05) is 0 Å². The van der Waals surface area contributed by atoms with Gasteiger partial charge in [-0.1, -0.05) is 47.3 Å². The molecule has 1 aromatic heterocycles. The molecule has 1 aliphatic rings. The first kappa shape index (κ1) is 23.6. The van der Waals surface area contributed by atoms with Crippen LogP contribution >= 0.6 is 15.9 Å². The Hall–Kier alpha value is -2.54. The van der Waals surface area contributed by atoms with Crippen molar-refractivity contribution in [1.29, 1.82) is 0 Å². The molecule has 3 nitrogen and oxygen atoms in total. The number of alkyl halides is 3. The van der Waals surface area contributed by atoms with Crippen LogP contribution in [0.4, 0.5) is 13.2 Å². The topological polar surface area (TPSA) is 25.2 Å². The molecule has 2 aromatic carbocycles. The molecule has 33 heavy (non-hydrogen) atoms. The summed E-state index contributed by atoms with van der Waals surface area (Å²) in [6, 6.07) is 16.7. The minimum absolute atomic E-state index is 0.0876. The summed E-state index contributed by atoms with van der Waals surface area (Å²) in [5, 5.41) is 0. The van der Waals surface area contributed by atoms with Gasteiger partial charge in [0, 0.05) is 34.5 Å². The number of halogens is 4. The second-order valence-electron chi connectivity index (χ2n) is 8.55. The highest BCUT2D eigenvalue weighted by Gasteiger charge is 2.31. The number of benzene rings is 2. The quantitative estimate of drug-likeness (QED) is 0.336. The molecule has 4 rings (SSSR count). The Balaban J connectivity index is 1.57. The molecule has 174 valence electrons. The van der Waals surface area contributed by atoms with Crippen molar-refractivity contribution >= 4 is 21.8 Å². The first-order valence-corrected chi connectivity index (χ1v) is 12.0. The van der Waals surface area contributed by atoms with E-state index >= 15 is 0 Å². The zero-order valence-corrected chi connectivity index (χ0v) is 19.8. The molecule has 1 amide bonds. The van der Waals surface area contributed by atoms with Gasteiger partial charge in [0.25, 0.3) is 5.91 Å². The summed E-state index contributed by atoms with van der Waals surface area (Å²) in [6.45, 7) is 1.11. The number of aromatic nitrogens is 1. The average molecular weight is 519 g/mol. The maximum absolute atomic E-state index is 13.5. The summed E-state index contributed by atoms with van der Waals surface area (Å²) >= 11 is 3.45. The third-order valence-electron chi connectivity index (χ3n) is 6.26. The van der Waals surface area contributed by atoms with E-state index in [1.54, 1.807) is 0 Å². The number of nitrogens with zero attached hydrogens (tertiary/aromatic N) is 2. The maximum atomic E-state index is 13.5. The third-order valence-corrected chi connectivity index (χ3v) is 6.79. The summed E-state index contributed by atoms with van der Waals surface area (Å²) in [4.78, 5) is 15.3. The molecule has 0 aliphatic heterocycles. The average Bonchev–Trinajstić information content (AvgIpc) is 3.25. The van der Waals surface area contributed by atoms with Crippen LogP contribution in [0.2, 0.25) is 0 Å². The lowest BCUT2D eigenvalue weighted by Crippen LogP contribution is -2.41. The van der Waals surface area contributed by atoms with Crippen molar-refractivity contribution in [1.82, 2.24) is 9.47 Å². The van der Waals surface area contributed by atoms with E-state index < -0.39 is 11.7 Å². The first-order chi connectivity index (χ1) is 15.8. The van der Waals surface area contributed by atoms with E-state index in [9.17, 15) is 18.0 Å². The molecule has 7 heteroatoms. The summed E-state index contributed by atoms with van der Waals surface area (Å²) in [5.41, 5.74) is 1.70. The molecule has 0 atom stereocenters. The summed E-state index contributed by atoms with van der Waals surface area (Å²) in [6.07, 6.45) is 2.68. The Labute approximate surface area is 200 Å². The Morgan fingerprint density at radius 2 is 1.64 bits per heavy atom. The number of rotatable bonds is 6. The lowest BCUT2D eigenvalue weighted by atomic mass is 9.93. The molecule has 0 bridgehead atoms. The van der Waals surface area contributed by atoms with E-state index in [0.29, 0.717) is 18.7 Å². The number of hydrogen-bond donors (Lipinski definition) is 0. The van der Waals surface area contributed by atoms with E-state index in [1.165, 1.54) is 12.1 Å². The molecular formula is C26H26BrF3N2O. The zero-order valence-electron chi connectivity index (χ0n) is 18.2. The predicted octanol–water partition coefficient (Wildman–Crippen LogP) is 7.29. The molecule has 0 radical (unpaired) electrons. The molecule has 1 aliphatic carbocycles. The molecule has 0 spiro atoms. The summed E-state index contributed by atoms with van der Waals surface area (Å²) < 4.78 is 42.0. The van der Waals surface area contributed by atoms with Gasteiger partial charge in [-0.2, -0.15) is 13.2 Å². The molecule has 1 heterocycles. The molecule has 1 fully saturated rings. The zero-order chi connectivity index (χ0) is 23.4. The van der Waals surface area contributed by atoms with Gasteiger partial charge in [0.15, 0.2) is 0 Å². The van der Waals surface area contributed by atoms with Gasteiger partial charge in [0.1, 0.15) is 0 Å². The molecule has 1 saturated carbocycles. The van der Waals surface area contributed by atoms with Crippen LogP contribution in [0, 0.1) is 0 Å². The summed E-state index contributed by atoms with van der Waals surface area (Å²) in [7, 11) is 0. The number of carbonyl (C=O) groups excluding carboxylic acids is 1. The maximum Gasteiger partial charge on any atom is 0.416 e. The fourth-order valence-corrected chi connectivity index (χ4v) is 4.70. The minimum Gasteiger partial charge on any atom is -0.345 e. The normalized spacial score (nSPS) is 14.9. The van der Waals surface area contributed by atoms with E-state index in [-0.39, 0.29) is 11.9 Å². The van der Waals surface area contributed by atoms with Gasteiger partial charge in [-0.3, -0.25) is 4.79 Å². The Morgan fingerprint density at radius 3 is 2.27 bits per heavy atom. The minimum atomic E-state index is -4.42. The number of hydrogen-bond acceptors (Lipinski definition) is 1. The second-order valence-corrected chi connectivity index (χ2v) is 9.47. The van der Waals surface area contributed by atoms with E-state index in [1.807, 2.05) is 35.4 Å². The van der Waals surface area contributed by atoms with Crippen molar-refractivity contribution in [2.45, 2.75) is 57.4 Å². The standard InChI is InChI=1S/C26H26BrF3N2O/c27-22-14-8-19(9-15-22)17-31-16-4-7-24(31)18-32(23-5-2-1-3-6-23)25(33)20-10-12-21(13-11-20)26(28,29)30/h4,7-16,23H,1-3,5-6,17-18H2. The highest BCUT2D eigenvalue weighted by molar-refractivity contribution is 9.10. The van der Waals surface area contributed by atoms with Crippen LogP contribution in [0.5, 0.6) is 0 Å². The third kappa shape index (κ3) is 5.88. The largest absolute Gasteiger partial charge is 0.416 e. The van der Waals surface area contributed by atoms with Crippen molar-refractivity contribution in [3.8, 4) is 0 Å². The van der Waals surface area contributed by atoms with Crippen LogP contribution in [0.15, 0.2) is 71.3 Å². The van der Waals surface area contributed by atoms with Gasteiger partial charge in [0.05, 0.1) is 12.1 Å². The molecule has 0 N–H and O–H groups in total. The van der Waals surface area contributed by atoms with Crippen molar-refractivity contribution in [3.63, 3.8) is 0 Å². The van der Waals surface area contributed by atoms with Crippen molar-refractivity contribution < 1.29 is 18.0 Å². The predicted molar refractivity (Wildman–Crippen MR) is 126 cm³/mol. The van der Waals surface area contributed by atoms with Crippen LogP contribution in [0.25, 0.3) is 0 Å². The van der Waals surface area contributed by atoms with Crippen LogP contribution in [0.3, 0.4) is 0 Å². The van der Waals surface area contributed by atoms with Crippen LogP contribution < -0.4 is 0 Å². The van der Waals surface area contributed by atoms with Crippen LogP contribution in [0.1, 0.15) is 59.3 Å². The smallest absolute Gasteiger partial charge is 0.345 e. The number of carbonyl (C=O) groups is 1. The van der Waals surface area contributed by atoms with Gasteiger partial charge in [0.2, 0.25) is 0 Å². The first-order valence-electron chi connectivity index (χ1n) is 11.2. The highest BCUT2D eigenvalue weighted by Crippen LogP contribution is 2.30. The fraction of sp³-hybridized carbons (Fsp3) is 0.346. The van der Waals surface area contributed by atoms with E-state index in [2.05, 4.69) is 32.6 Å². The van der Waals surface area contributed by atoms with E-state index in [0.717, 1.165) is 60.0 Å². The Bertz CT molecular complexity index is 1070. The van der Waals surface area contributed by atoms with Crippen LogP contribution in [-0.2, 0) is 19.3 Å². The second kappa shape index (κ2) is 10.2. The van der Waals surface area contributed by atoms with Gasteiger partial charge in [-0.25, -0.2) is 0 Å². The molecule has 0 unspecified atom stereocenters. The highest BCUT2D eigenvalue weighted by atomic mass is 79.9. The monoisotopic (exact) mass is 518 g/mol. The lowest BCUT2D eigenvalue weighted by Gasteiger charge is -2.35. The number of amides is 1. The van der Waals surface area contributed by atoms with Gasteiger partial charge in [-0.15, -0.1) is 0 Å². The molecule has 3 aromatic rings. The van der Waals surface area contributed by atoms with Gasteiger partial charge in [-0.05, 0) is 66.9 Å². The van der Waals surface area contributed by atoms with Gasteiger partial charge >= 0.3 is 6.18 Å². The van der Waals surface area contributed by atoms with Crippen LogP contribution in [-0.4, -0.2) is 21.4 Å². The summed E-state index contributed by atoms with van der Waals surface area (Å²) in [5.74, 6) is -0.216. The SMILES string of the molecule is O=C(c1ccc(C(F)(F)F)cc1)N(Cc1cccn1Cc1ccc(Br)cc1)C1CCCCC1. The Kier molecular flexibility index (Phi) is 7.27. The fourth-order valence-electron chi connectivity index (χ4n) is 4.44. The van der Waals surface area contributed by atoms with Crippen molar-refractivity contribution in [3.05, 3.63) is 93.7 Å². The van der Waals surface area contributed by atoms with E-state index in [4.69, 9.17) is 0 Å². The van der Waals surface area contributed by atoms with Gasteiger partial charge < -0.3 is 9.47 Å². The molecular weight excluding hydrogens is 493 g/mol. The van der Waals surface area contributed by atoms with Crippen molar-refractivity contribution in [2.24, 2.45) is 0 Å².